The molecule has 0 radical (unpaired) electrons. The lowest BCUT2D eigenvalue weighted by Crippen LogP contribution is -2.14. The van der Waals surface area contributed by atoms with Gasteiger partial charge in [0.15, 0.2) is 11.5 Å². The highest BCUT2D eigenvalue weighted by Gasteiger charge is 2.15. The van der Waals surface area contributed by atoms with E-state index >= 15 is 0 Å². The summed E-state index contributed by atoms with van der Waals surface area (Å²) in [6.07, 6.45) is 3.09. The van der Waals surface area contributed by atoms with Crippen molar-refractivity contribution in [1.82, 2.24) is 0 Å². The highest BCUT2D eigenvalue weighted by molar-refractivity contribution is 9.10. The molecule has 1 N–H and O–H groups in total. The molecule has 0 unspecified atom stereocenters. The smallest absolute Gasteiger partial charge is 0.266 e. The first-order valence-electron chi connectivity index (χ1n) is 8.20. The molecule has 0 saturated carbocycles. The minimum absolute atomic E-state index is 0.0620. The molecule has 2 rings (SSSR count). The first-order valence-corrected chi connectivity index (χ1v) is 9.37. The second-order valence-corrected chi connectivity index (χ2v) is 6.93. The minimum Gasteiger partial charge on any atom is -0.493 e. The van der Waals surface area contributed by atoms with Gasteiger partial charge in [-0.2, -0.15) is 5.26 Å². The number of benzene rings is 2. The van der Waals surface area contributed by atoms with Gasteiger partial charge in [0.05, 0.1) is 11.6 Å². The molecule has 5 nitrogen and oxygen atoms in total. The zero-order valence-electron chi connectivity index (χ0n) is 15.4. The number of rotatable bonds is 7. The summed E-state index contributed by atoms with van der Waals surface area (Å²) >= 11 is 9.50. The number of halogens is 2. The normalized spacial score (nSPS) is 10.8. The third-order valence-corrected chi connectivity index (χ3v) is 4.79. The Labute approximate surface area is 177 Å². The second kappa shape index (κ2) is 9.98. The summed E-state index contributed by atoms with van der Waals surface area (Å²) in [5.41, 5.74) is 1.81. The van der Waals surface area contributed by atoms with Crippen LogP contribution in [0.4, 0.5) is 5.69 Å². The van der Waals surface area contributed by atoms with Crippen LogP contribution in [0.3, 0.4) is 0 Å². The molecule has 28 heavy (non-hydrogen) atoms. The maximum absolute atomic E-state index is 12.5. The number of anilines is 1. The molecule has 0 aromatic heterocycles. The number of carbonyl (C=O) groups excluding carboxylic acids is 1. The third-order valence-electron chi connectivity index (χ3n) is 3.79. The maximum atomic E-state index is 12.5. The SMILES string of the molecule is C=CCOc1c(Br)cc(/C=C(/C#N)C(=O)Nc2cccc(Cl)c2C)cc1OC. The van der Waals surface area contributed by atoms with E-state index in [9.17, 15) is 10.1 Å². The molecular weight excluding hydrogens is 444 g/mol. The number of carbonyl (C=O) groups is 1. The van der Waals surface area contributed by atoms with Crippen molar-refractivity contribution < 1.29 is 14.3 Å². The highest BCUT2D eigenvalue weighted by Crippen LogP contribution is 2.37. The Balaban J connectivity index is 2.34. The fourth-order valence-electron chi connectivity index (χ4n) is 2.35. The van der Waals surface area contributed by atoms with Gasteiger partial charge in [0, 0.05) is 10.7 Å². The topological polar surface area (TPSA) is 71.3 Å². The van der Waals surface area contributed by atoms with E-state index in [0.29, 0.717) is 38.9 Å². The predicted molar refractivity (Wildman–Crippen MR) is 115 cm³/mol. The molecule has 0 aliphatic carbocycles. The lowest BCUT2D eigenvalue weighted by molar-refractivity contribution is -0.112. The van der Waals surface area contributed by atoms with Gasteiger partial charge in [-0.15, -0.1) is 0 Å². The van der Waals surface area contributed by atoms with Gasteiger partial charge in [-0.1, -0.05) is 30.3 Å². The Morgan fingerprint density at radius 1 is 1.43 bits per heavy atom. The largest absolute Gasteiger partial charge is 0.493 e. The number of ether oxygens (including phenoxy) is 2. The van der Waals surface area contributed by atoms with E-state index in [1.165, 1.54) is 13.2 Å². The minimum atomic E-state index is -0.532. The number of nitrogens with zero attached hydrogens (tertiary/aromatic N) is 1. The molecule has 0 atom stereocenters. The fraction of sp³-hybridized carbons (Fsp3) is 0.143. The number of hydrogen-bond acceptors (Lipinski definition) is 4. The maximum Gasteiger partial charge on any atom is 0.266 e. The Morgan fingerprint density at radius 2 is 2.18 bits per heavy atom. The standard InChI is InChI=1S/C21H18BrClN2O3/c1-4-8-28-20-16(22)10-14(11-19(20)27-3)9-15(12-24)21(26)25-18-7-5-6-17(23)13(18)2/h4-7,9-11H,1,8H2,2-3H3,(H,25,26)/b15-9-. The molecule has 2 aromatic carbocycles. The van der Waals surface area contributed by atoms with E-state index in [1.807, 2.05) is 6.07 Å². The summed E-state index contributed by atoms with van der Waals surface area (Å²) < 4.78 is 11.6. The van der Waals surface area contributed by atoms with Gasteiger partial charge in [-0.3, -0.25) is 4.79 Å². The Hall–Kier alpha value is -2.75. The van der Waals surface area contributed by atoms with Crippen LogP contribution >= 0.6 is 27.5 Å². The van der Waals surface area contributed by atoms with Crippen LogP contribution in [0.5, 0.6) is 11.5 Å². The summed E-state index contributed by atoms with van der Waals surface area (Å²) in [6, 6.07) is 10.5. The zero-order valence-corrected chi connectivity index (χ0v) is 17.7. The second-order valence-electron chi connectivity index (χ2n) is 5.67. The van der Waals surface area contributed by atoms with E-state index < -0.39 is 5.91 Å². The van der Waals surface area contributed by atoms with Crippen molar-refractivity contribution >= 4 is 45.2 Å². The fourth-order valence-corrected chi connectivity index (χ4v) is 3.10. The van der Waals surface area contributed by atoms with Crippen molar-refractivity contribution in [3.05, 3.63) is 69.2 Å². The molecule has 1 amide bonds. The molecule has 2 aromatic rings. The first-order chi connectivity index (χ1) is 13.4. The molecule has 0 spiro atoms. The highest BCUT2D eigenvalue weighted by atomic mass is 79.9. The van der Waals surface area contributed by atoms with Gasteiger partial charge in [0.25, 0.3) is 5.91 Å². The molecule has 0 aliphatic rings. The van der Waals surface area contributed by atoms with Crippen molar-refractivity contribution in [3.8, 4) is 17.6 Å². The summed E-state index contributed by atoms with van der Waals surface area (Å²) in [7, 11) is 1.51. The molecule has 0 aliphatic heterocycles. The third kappa shape index (κ3) is 5.16. The summed E-state index contributed by atoms with van der Waals surface area (Å²) in [5, 5.41) is 12.7. The molecule has 0 fully saturated rings. The van der Waals surface area contributed by atoms with Crippen molar-refractivity contribution in [2.24, 2.45) is 0 Å². The number of methoxy groups -OCH3 is 1. The monoisotopic (exact) mass is 460 g/mol. The quantitative estimate of drug-likeness (QED) is 0.334. The Kier molecular flexibility index (Phi) is 7.68. The van der Waals surface area contributed by atoms with Crippen LogP contribution in [0.2, 0.25) is 5.02 Å². The zero-order chi connectivity index (χ0) is 20.7. The van der Waals surface area contributed by atoms with E-state index in [2.05, 4.69) is 27.8 Å². The lowest BCUT2D eigenvalue weighted by atomic mass is 10.1. The van der Waals surface area contributed by atoms with Crippen LogP contribution in [0, 0.1) is 18.3 Å². The molecule has 144 valence electrons. The molecule has 7 heteroatoms. The van der Waals surface area contributed by atoms with E-state index in [0.717, 1.165) is 5.56 Å². The van der Waals surface area contributed by atoms with Crippen LogP contribution in [0.1, 0.15) is 11.1 Å². The summed E-state index contributed by atoms with van der Waals surface area (Å²) in [4.78, 5) is 12.5. The molecule has 0 saturated heterocycles. The predicted octanol–water partition coefficient (Wildman–Crippen LogP) is 5.53. The van der Waals surface area contributed by atoms with Gasteiger partial charge in [0.2, 0.25) is 0 Å². The molecule has 0 heterocycles. The van der Waals surface area contributed by atoms with Crippen LogP contribution in [-0.2, 0) is 4.79 Å². The van der Waals surface area contributed by atoms with E-state index in [1.54, 1.807) is 43.3 Å². The first kappa shape index (κ1) is 21.5. The Morgan fingerprint density at radius 3 is 2.82 bits per heavy atom. The van der Waals surface area contributed by atoms with E-state index in [-0.39, 0.29) is 5.57 Å². The van der Waals surface area contributed by atoms with Gasteiger partial charge < -0.3 is 14.8 Å². The average Bonchev–Trinajstić information content (AvgIpc) is 2.68. The van der Waals surface area contributed by atoms with Crippen molar-refractivity contribution in [2.45, 2.75) is 6.92 Å². The molecule has 0 bridgehead atoms. The van der Waals surface area contributed by atoms with Gasteiger partial charge >= 0.3 is 0 Å². The van der Waals surface area contributed by atoms with Crippen LogP contribution in [-0.4, -0.2) is 19.6 Å². The van der Waals surface area contributed by atoms with Crippen LogP contribution in [0.25, 0.3) is 6.08 Å². The number of nitrogens with one attached hydrogen (secondary N) is 1. The average molecular weight is 462 g/mol. The number of hydrogen-bond donors (Lipinski definition) is 1. The van der Waals surface area contributed by atoms with Gasteiger partial charge in [0.1, 0.15) is 18.2 Å². The van der Waals surface area contributed by atoms with E-state index in [4.69, 9.17) is 21.1 Å². The van der Waals surface area contributed by atoms with Crippen LogP contribution < -0.4 is 14.8 Å². The molecular formula is C21H18BrClN2O3. The van der Waals surface area contributed by atoms with Crippen molar-refractivity contribution in [2.75, 3.05) is 19.0 Å². The van der Waals surface area contributed by atoms with Gasteiger partial charge in [-0.05, 0) is 64.3 Å². The van der Waals surface area contributed by atoms with Crippen molar-refractivity contribution in [1.29, 1.82) is 5.26 Å². The number of nitriles is 1. The summed E-state index contributed by atoms with van der Waals surface area (Å²) in [6.45, 7) is 5.72. The van der Waals surface area contributed by atoms with Crippen molar-refractivity contribution in [3.63, 3.8) is 0 Å². The number of amides is 1. The Bertz CT molecular complexity index is 980. The van der Waals surface area contributed by atoms with Crippen LogP contribution in [0.15, 0.2) is 53.0 Å². The van der Waals surface area contributed by atoms with Gasteiger partial charge in [-0.25, -0.2) is 0 Å². The summed E-state index contributed by atoms with van der Waals surface area (Å²) in [5.74, 6) is 0.442. The lowest BCUT2D eigenvalue weighted by Gasteiger charge is -2.13.